The van der Waals surface area contributed by atoms with Crippen LogP contribution in [0.25, 0.3) is 5.69 Å². The molecule has 2 aromatic rings. The van der Waals surface area contributed by atoms with Crippen LogP contribution in [0.15, 0.2) is 36.4 Å². The molecule has 2 atom stereocenters. The fourth-order valence-electron chi connectivity index (χ4n) is 3.22. The van der Waals surface area contributed by atoms with Gasteiger partial charge in [-0.2, -0.15) is 0 Å². The van der Waals surface area contributed by atoms with E-state index in [-0.39, 0.29) is 18.1 Å². The Labute approximate surface area is 137 Å². The van der Waals surface area contributed by atoms with E-state index in [9.17, 15) is 4.79 Å². The molecular formula is C19H24N2O2. The SMILES string of the molecule is Cc1ccc(C)n1-c1ccc(C(=O)N[C@@H](C)[C@@H]2CCCO2)cc1. The molecule has 0 saturated carbocycles. The summed E-state index contributed by atoms with van der Waals surface area (Å²) in [5.41, 5.74) is 4.13. The first-order chi connectivity index (χ1) is 11.1. The van der Waals surface area contributed by atoms with Crippen LogP contribution in [0, 0.1) is 13.8 Å². The molecule has 1 saturated heterocycles. The molecule has 0 aliphatic carbocycles. The molecule has 0 bridgehead atoms. The van der Waals surface area contributed by atoms with E-state index >= 15 is 0 Å². The Kier molecular flexibility index (Phi) is 4.53. The number of nitrogens with one attached hydrogen (secondary N) is 1. The summed E-state index contributed by atoms with van der Waals surface area (Å²) in [7, 11) is 0. The van der Waals surface area contributed by atoms with Crippen LogP contribution in [-0.2, 0) is 4.74 Å². The van der Waals surface area contributed by atoms with Crippen molar-refractivity contribution < 1.29 is 9.53 Å². The number of ether oxygens (including phenoxy) is 1. The highest BCUT2D eigenvalue weighted by Crippen LogP contribution is 2.18. The molecule has 23 heavy (non-hydrogen) atoms. The van der Waals surface area contributed by atoms with E-state index in [1.165, 1.54) is 11.4 Å². The third-order valence-electron chi connectivity index (χ3n) is 4.54. The zero-order valence-electron chi connectivity index (χ0n) is 14.0. The van der Waals surface area contributed by atoms with Crippen molar-refractivity contribution >= 4 is 5.91 Å². The lowest BCUT2D eigenvalue weighted by Gasteiger charge is -2.20. The Morgan fingerprint density at radius 1 is 1.17 bits per heavy atom. The number of aromatic nitrogens is 1. The molecule has 1 fully saturated rings. The fourth-order valence-corrected chi connectivity index (χ4v) is 3.22. The molecule has 4 nitrogen and oxygen atoms in total. The van der Waals surface area contributed by atoms with Crippen LogP contribution in [0.2, 0.25) is 0 Å². The summed E-state index contributed by atoms with van der Waals surface area (Å²) in [6.45, 7) is 6.97. The van der Waals surface area contributed by atoms with Crippen molar-refractivity contribution in [2.45, 2.75) is 45.8 Å². The number of aryl methyl sites for hydroxylation is 2. The second-order valence-electron chi connectivity index (χ2n) is 6.31. The van der Waals surface area contributed by atoms with Gasteiger partial charge in [0.15, 0.2) is 0 Å². The predicted molar refractivity (Wildman–Crippen MR) is 91.1 cm³/mol. The van der Waals surface area contributed by atoms with Crippen molar-refractivity contribution in [1.29, 1.82) is 0 Å². The highest BCUT2D eigenvalue weighted by Gasteiger charge is 2.23. The van der Waals surface area contributed by atoms with Gasteiger partial charge in [-0.15, -0.1) is 0 Å². The van der Waals surface area contributed by atoms with E-state index in [1.807, 2.05) is 31.2 Å². The molecule has 1 aliphatic rings. The Morgan fingerprint density at radius 3 is 2.39 bits per heavy atom. The second kappa shape index (κ2) is 6.59. The van der Waals surface area contributed by atoms with Gasteiger partial charge in [0.2, 0.25) is 0 Å². The van der Waals surface area contributed by atoms with Crippen LogP contribution < -0.4 is 5.32 Å². The maximum atomic E-state index is 12.4. The number of carbonyl (C=O) groups is 1. The fraction of sp³-hybridized carbons (Fsp3) is 0.421. The largest absolute Gasteiger partial charge is 0.376 e. The average molecular weight is 312 g/mol. The molecule has 2 heterocycles. The number of nitrogens with zero attached hydrogens (tertiary/aromatic N) is 1. The molecule has 1 N–H and O–H groups in total. The number of carbonyl (C=O) groups excluding carboxylic acids is 1. The summed E-state index contributed by atoms with van der Waals surface area (Å²) in [6.07, 6.45) is 2.24. The van der Waals surface area contributed by atoms with Crippen LogP contribution in [0.5, 0.6) is 0 Å². The molecule has 1 aromatic carbocycles. The highest BCUT2D eigenvalue weighted by atomic mass is 16.5. The van der Waals surface area contributed by atoms with Gasteiger partial charge < -0.3 is 14.6 Å². The van der Waals surface area contributed by atoms with Crippen LogP contribution in [-0.4, -0.2) is 29.2 Å². The zero-order valence-corrected chi connectivity index (χ0v) is 14.0. The van der Waals surface area contributed by atoms with Crippen LogP contribution >= 0.6 is 0 Å². The maximum absolute atomic E-state index is 12.4. The molecule has 0 spiro atoms. The van der Waals surface area contributed by atoms with Gasteiger partial charge in [0.1, 0.15) is 0 Å². The Balaban J connectivity index is 1.70. The van der Waals surface area contributed by atoms with E-state index in [0.29, 0.717) is 5.56 Å². The molecule has 3 rings (SSSR count). The lowest BCUT2D eigenvalue weighted by molar-refractivity contribution is 0.0712. The summed E-state index contributed by atoms with van der Waals surface area (Å²) in [4.78, 5) is 12.4. The van der Waals surface area contributed by atoms with Crippen LogP contribution in [0.3, 0.4) is 0 Å². The molecule has 1 aliphatic heterocycles. The first kappa shape index (κ1) is 15.8. The summed E-state index contributed by atoms with van der Waals surface area (Å²) < 4.78 is 7.81. The van der Waals surface area contributed by atoms with Crippen molar-refractivity contribution in [1.82, 2.24) is 9.88 Å². The van der Waals surface area contributed by atoms with Crippen molar-refractivity contribution in [3.8, 4) is 5.69 Å². The van der Waals surface area contributed by atoms with E-state index in [4.69, 9.17) is 4.74 Å². The minimum absolute atomic E-state index is 0.0404. The predicted octanol–water partition coefficient (Wildman–Crippen LogP) is 3.39. The van der Waals surface area contributed by atoms with Gasteiger partial charge in [-0.25, -0.2) is 0 Å². The van der Waals surface area contributed by atoms with Crippen LogP contribution in [0.4, 0.5) is 0 Å². The maximum Gasteiger partial charge on any atom is 0.251 e. The van der Waals surface area contributed by atoms with Crippen molar-refractivity contribution in [3.63, 3.8) is 0 Å². The van der Waals surface area contributed by atoms with Gasteiger partial charge in [0, 0.05) is 29.2 Å². The van der Waals surface area contributed by atoms with Gasteiger partial charge in [0.05, 0.1) is 12.1 Å². The van der Waals surface area contributed by atoms with Gasteiger partial charge in [-0.05, 0) is 70.0 Å². The standard InChI is InChI=1S/C19H24N2O2/c1-13-6-7-14(2)21(13)17-10-8-16(9-11-17)19(22)20-15(3)18-5-4-12-23-18/h6-11,15,18H,4-5,12H2,1-3H3,(H,20,22)/t15-,18-/m0/s1. The summed E-state index contributed by atoms with van der Waals surface area (Å²) in [5.74, 6) is -0.0412. The number of benzene rings is 1. The molecule has 4 heteroatoms. The van der Waals surface area contributed by atoms with Crippen LogP contribution in [0.1, 0.15) is 41.5 Å². The first-order valence-corrected chi connectivity index (χ1v) is 8.24. The monoisotopic (exact) mass is 312 g/mol. The zero-order chi connectivity index (χ0) is 16.4. The molecule has 0 radical (unpaired) electrons. The number of rotatable bonds is 4. The van der Waals surface area contributed by atoms with E-state index in [2.05, 4.69) is 35.9 Å². The first-order valence-electron chi connectivity index (χ1n) is 8.24. The molecular weight excluding hydrogens is 288 g/mol. The smallest absolute Gasteiger partial charge is 0.251 e. The minimum atomic E-state index is -0.0412. The lowest BCUT2D eigenvalue weighted by atomic mass is 10.1. The van der Waals surface area contributed by atoms with E-state index < -0.39 is 0 Å². The lowest BCUT2D eigenvalue weighted by Crippen LogP contribution is -2.40. The Morgan fingerprint density at radius 2 is 1.83 bits per heavy atom. The van der Waals surface area contributed by atoms with E-state index in [1.54, 1.807) is 0 Å². The molecule has 1 amide bonds. The third-order valence-corrected chi connectivity index (χ3v) is 4.54. The van der Waals surface area contributed by atoms with Crippen molar-refractivity contribution in [3.05, 3.63) is 53.3 Å². The Bertz CT molecular complexity index is 662. The average Bonchev–Trinajstić information content (AvgIpc) is 3.18. The minimum Gasteiger partial charge on any atom is -0.376 e. The van der Waals surface area contributed by atoms with Gasteiger partial charge in [0.25, 0.3) is 5.91 Å². The Hall–Kier alpha value is -2.07. The number of amides is 1. The second-order valence-corrected chi connectivity index (χ2v) is 6.31. The van der Waals surface area contributed by atoms with Gasteiger partial charge in [-0.1, -0.05) is 0 Å². The molecule has 0 unspecified atom stereocenters. The third kappa shape index (κ3) is 3.32. The van der Waals surface area contributed by atoms with E-state index in [0.717, 1.165) is 25.1 Å². The summed E-state index contributed by atoms with van der Waals surface area (Å²) in [5, 5.41) is 3.04. The van der Waals surface area contributed by atoms with Gasteiger partial charge in [-0.3, -0.25) is 4.79 Å². The normalized spacial score (nSPS) is 18.8. The van der Waals surface area contributed by atoms with Crippen molar-refractivity contribution in [2.75, 3.05) is 6.61 Å². The van der Waals surface area contributed by atoms with Crippen molar-refractivity contribution in [2.24, 2.45) is 0 Å². The molecule has 1 aromatic heterocycles. The topological polar surface area (TPSA) is 43.3 Å². The highest BCUT2D eigenvalue weighted by molar-refractivity contribution is 5.94. The number of hydrogen-bond donors (Lipinski definition) is 1. The van der Waals surface area contributed by atoms with Gasteiger partial charge >= 0.3 is 0 Å². The number of hydrogen-bond acceptors (Lipinski definition) is 2. The summed E-state index contributed by atoms with van der Waals surface area (Å²) >= 11 is 0. The molecule has 122 valence electrons. The summed E-state index contributed by atoms with van der Waals surface area (Å²) in [6, 6.07) is 12.0. The quantitative estimate of drug-likeness (QED) is 0.940.